The van der Waals surface area contributed by atoms with E-state index in [2.05, 4.69) is 30.2 Å². The van der Waals surface area contributed by atoms with Crippen LogP contribution in [0.25, 0.3) is 31.8 Å². The molecule has 0 saturated heterocycles. The maximum Gasteiger partial charge on any atom is 0.412 e. The van der Waals surface area contributed by atoms with Crippen LogP contribution in [-0.2, 0) is 11.2 Å². The summed E-state index contributed by atoms with van der Waals surface area (Å²) in [6.07, 6.45) is 0.334. The molecule has 0 bridgehead atoms. The van der Waals surface area contributed by atoms with Crippen molar-refractivity contribution in [2.45, 2.75) is 57.7 Å². The third-order valence-electron chi connectivity index (χ3n) is 7.16. The number of nitrogens with zero attached hydrogens (tertiary/aromatic N) is 5. The molecule has 2 aromatic carbocycles. The molecule has 1 aliphatic rings. The van der Waals surface area contributed by atoms with E-state index in [0.717, 1.165) is 5.56 Å². The molecule has 0 aliphatic heterocycles. The number of aromatic nitrogens is 5. The minimum atomic E-state index is -3.07. The van der Waals surface area contributed by atoms with Crippen LogP contribution in [0.2, 0.25) is 0 Å². The van der Waals surface area contributed by atoms with E-state index in [1.54, 1.807) is 0 Å². The van der Waals surface area contributed by atoms with Gasteiger partial charge in [0.25, 0.3) is 5.92 Å². The average molecular weight is 625 g/mol. The van der Waals surface area contributed by atoms with E-state index in [1.807, 2.05) is 26.0 Å². The van der Waals surface area contributed by atoms with E-state index in [9.17, 15) is 13.6 Å². The van der Waals surface area contributed by atoms with Crippen molar-refractivity contribution >= 4 is 44.4 Å². The number of aryl methyl sites for hydroxylation is 2. The fraction of sp³-hybridized carbons (Fsp3) is 0.333. The number of alkyl halides is 2. The van der Waals surface area contributed by atoms with Gasteiger partial charge in [0, 0.05) is 30.5 Å². The number of rotatable bonds is 7. The Labute approximate surface area is 253 Å². The van der Waals surface area contributed by atoms with Crippen molar-refractivity contribution in [2.24, 2.45) is 0 Å². The van der Waals surface area contributed by atoms with E-state index in [0.29, 0.717) is 49.9 Å². The zero-order valence-electron chi connectivity index (χ0n) is 23.9. The first kappa shape index (κ1) is 29.5. The molecule has 3 aromatic heterocycles. The van der Waals surface area contributed by atoms with Gasteiger partial charge in [-0.25, -0.2) is 42.9 Å². The first-order chi connectivity index (χ1) is 21.1. The second kappa shape index (κ2) is 11.8. The molecule has 1 saturated carbocycles. The molecule has 2 atom stereocenters. The molecule has 1 amide bonds. The predicted molar refractivity (Wildman–Crippen MR) is 158 cm³/mol. The maximum atomic E-state index is 15.3. The van der Waals surface area contributed by atoms with E-state index in [-0.39, 0.29) is 17.9 Å². The quantitative estimate of drug-likeness (QED) is 0.206. The number of anilines is 1. The Balaban J connectivity index is 1.25. The highest BCUT2D eigenvalue weighted by atomic mass is 32.1. The molecule has 5 aromatic rings. The van der Waals surface area contributed by atoms with Gasteiger partial charge in [-0.2, -0.15) is 0 Å². The van der Waals surface area contributed by atoms with E-state index in [1.165, 1.54) is 49.2 Å². The second-order valence-corrected chi connectivity index (χ2v) is 11.5. The molecule has 228 valence electrons. The third kappa shape index (κ3) is 6.20. The molecular weight excluding hydrogens is 597 g/mol. The van der Waals surface area contributed by atoms with Gasteiger partial charge in [0.2, 0.25) is 5.88 Å². The normalized spacial score (nSPS) is 17.9. The molecule has 14 heteroatoms. The minimum absolute atomic E-state index is 0.169. The number of hydrogen-bond donors (Lipinski definition) is 1. The molecule has 1 unspecified atom stereocenters. The van der Waals surface area contributed by atoms with Crippen LogP contribution in [0.4, 0.5) is 23.7 Å². The number of carbonyl (C=O) groups is 1. The molecule has 0 spiro atoms. The van der Waals surface area contributed by atoms with Crippen LogP contribution >= 0.6 is 11.3 Å². The highest BCUT2D eigenvalue weighted by molar-refractivity contribution is 7.21. The Morgan fingerprint density at radius 1 is 1.07 bits per heavy atom. The number of halogens is 3. The van der Waals surface area contributed by atoms with Gasteiger partial charge in [0.1, 0.15) is 23.0 Å². The monoisotopic (exact) mass is 624 g/mol. The van der Waals surface area contributed by atoms with Crippen LogP contribution in [0.5, 0.6) is 11.6 Å². The van der Waals surface area contributed by atoms with Crippen molar-refractivity contribution in [3.63, 3.8) is 0 Å². The van der Waals surface area contributed by atoms with E-state index in [4.69, 9.17) is 14.2 Å². The Bertz CT molecular complexity index is 1850. The number of methoxy groups -OCH3 is 1. The van der Waals surface area contributed by atoms with Gasteiger partial charge < -0.3 is 14.2 Å². The topological polar surface area (TPSA) is 121 Å². The number of amides is 1. The molecule has 0 radical (unpaired) electrons. The SMILES string of the molecule is CCc1ncc(NC(=O)O[C@H]2CCC(F)(F)CC2Oc2cc3sc(-c4cc(C)cc5nc(OC)cnc45)nc3cc2F)cn1. The summed E-state index contributed by atoms with van der Waals surface area (Å²) < 4.78 is 61.3. The van der Waals surface area contributed by atoms with Crippen LogP contribution in [0, 0.1) is 12.7 Å². The van der Waals surface area contributed by atoms with Crippen molar-refractivity contribution in [1.82, 2.24) is 24.9 Å². The lowest BCUT2D eigenvalue weighted by Gasteiger charge is -2.35. The van der Waals surface area contributed by atoms with E-state index >= 15 is 4.39 Å². The molecule has 10 nitrogen and oxygen atoms in total. The number of carbonyl (C=O) groups excluding carboxylic acids is 1. The molecule has 1 aliphatic carbocycles. The van der Waals surface area contributed by atoms with Gasteiger partial charge in [-0.1, -0.05) is 6.92 Å². The third-order valence-corrected chi connectivity index (χ3v) is 8.22. The Morgan fingerprint density at radius 3 is 2.61 bits per heavy atom. The van der Waals surface area contributed by atoms with Crippen molar-refractivity contribution in [3.05, 3.63) is 60.1 Å². The van der Waals surface area contributed by atoms with Crippen molar-refractivity contribution < 1.29 is 32.2 Å². The van der Waals surface area contributed by atoms with Gasteiger partial charge in [-0.05, 0) is 31.0 Å². The zero-order chi connectivity index (χ0) is 31.0. The summed E-state index contributed by atoms with van der Waals surface area (Å²) in [5.74, 6) is -3.13. The molecule has 3 heterocycles. The summed E-state index contributed by atoms with van der Waals surface area (Å²) in [4.78, 5) is 34.4. The summed E-state index contributed by atoms with van der Waals surface area (Å²) in [6.45, 7) is 3.81. The number of fused-ring (bicyclic) bond motifs is 2. The number of hydrogen-bond acceptors (Lipinski definition) is 10. The van der Waals surface area contributed by atoms with Gasteiger partial charge >= 0.3 is 6.09 Å². The summed E-state index contributed by atoms with van der Waals surface area (Å²) >= 11 is 1.27. The van der Waals surface area contributed by atoms with Crippen LogP contribution < -0.4 is 14.8 Å². The fourth-order valence-corrected chi connectivity index (χ4v) is 6.01. The zero-order valence-corrected chi connectivity index (χ0v) is 24.8. The van der Waals surface area contributed by atoms with Gasteiger partial charge in [0.15, 0.2) is 11.6 Å². The largest absolute Gasteiger partial charge is 0.483 e. The number of benzene rings is 2. The average Bonchev–Trinajstić information content (AvgIpc) is 3.40. The Kier molecular flexibility index (Phi) is 7.93. The number of nitrogens with one attached hydrogen (secondary N) is 1. The summed E-state index contributed by atoms with van der Waals surface area (Å²) in [5.41, 5.74) is 3.50. The van der Waals surface area contributed by atoms with Crippen LogP contribution in [0.1, 0.15) is 37.6 Å². The molecule has 1 fully saturated rings. The molecule has 44 heavy (non-hydrogen) atoms. The highest BCUT2D eigenvalue weighted by Crippen LogP contribution is 2.40. The highest BCUT2D eigenvalue weighted by Gasteiger charge is 2.45. The standard InChI is InChI=1S/C30H27F3N6O4S/c1-4-25-34-12-16(13-35-25)37-29(40)43-21-5-6-30(32,33)11-23(21)42-22-10-24-19(9-18(22)31)39-28(44-24)17-7-15(2)8-20-27(17)36-14-26(38-20)41-3/h7-10,12-14,21,23H,4-6,11H2,1-3H3,(H,37,40)/t21-,23?/m0/s1. The summed E-state index contributed by atoms with van der Waals surface area (Å²) in [6, 6.07) is 6.41. The lowest BCUT2D eigenvalue weighted by atomic mass is 9.91. The van der Waals surface area contributed by atoms with Gasteiger partial charge in [-0.15, -0.1) is 11.3 Å². The predicted octanol–water partition coefficient (Wildman–Crippen LogP) is 6.90. The molecule has 1 N–H and O–H groups in total. The second-order valence-electron chi connectivity index (χ2n) is 10.4. The first-order valence-electron chi connectivity index (χ1n) is 13.9. The smallest absolute Gasteiger partial charge is 0.412 e. The minimum Gasteiger partial charge on any atom is -0.483 e. The van der Waals surface area contributed by atoms with E-state index < -0.39 is 42.9 Å². The lowest BCUT2D eigenvalue weighted by molar-refractivity contribution is -0.114. The Hall–Kier alpha value is -4.59. The number of thiazole rings is 1. The van der Waals surface area contributed by atoms with Gasteiger partial charge in [0.05, 0.1) is 59.1 Å². The van der Waals surface area contributed by atoms with Crippen LogP contribution in [0.3, 0.4) is 0 Å². The maximum absolute atomic E-state index is 15.3. The Morgan fingerprint density at radius 2 is 1.86 bits per heavy atom. The summed E-state index contributed by atoms with van der Waals surface area (Å²) in [5, 5.41) is 3.07. The van der Waals surface area contributed by atoms with Crippen molar-refractivity contribution in [3.8, 4) is 22.2 Å². The lowest BCUT2D eigenvalue weighted by Crippen LogP contribution is -2.45. The summed E-state index contributed by atoms with van der Waals surface area (Å²) in [7, 11) is 1.51. The van der Waals surface area contributed by atoms with Crippen molar-refractivity contribution in [2.75, 3.05) is 12.4 Å². The van der Waals surface area contributed by atoms with Gasteiger partial charge in [-0.3, -0.25) is 5.32 Å². The fourth-order valence-electron chi connectivity index (χ4n) is 5.01. The van der Waals surface area contributed by atoms with Crippen LogP contribution in [-0.4, -0.2) is 56.3 Å². The van der Waals surface area contributed by atoms with Crippen molar-refractivity contribution in [1.29, 1.82) is 0 Å². The first-order valence-corrected chi connectivity index (χ1v) is 14.7. The van der Waals surface area contributed by atoms with Crippen LogP contribution in [0.15, 0.2) is 42.9 Å². The number of ether oxygens (including phenoxy) is 3. The molecular formula is C30H27F3N6O4S. The molecule has 6 rings (SSSR count).